The second kappa shape index (κ2) is 9.49. The van der Waals surface area contributed by atoms with Crippen LogP contribution in [-0.2, 0) is 0 Å². The minimum Gasteiger partial charge on any atom is -0.434 e. The highest BCUT2D eigenvalue weighted by molar-refractivity contribution is 6.32. The van der Waals surface area contributed by atoms with Crippen LogP contribution in [0.3, 0.4) is 0 Å². The summed E-state index contributed by atoms with van der Waals surface area (Å²) in [7, 11) is 0. The number of nitro groups is 1. The molecule has 0 bridgehead atoms. The zero-order valence-electron chi connectivity index (χ0n) is 15.3. The smallest absolute Gasteiger partial charge is 0.373 e. The number of aryl methyl sites for hydroxylation is 2. The summed E-state index contributed by atoms with van der Waals surface area (Å²) in [5.74, 6) is 0.130. The Labute approximate surface area is 166 Å². The van der Waals surface area contributed by atoms with Crippen LogP contribution in [0, 0.1) is 46.6 Å². The molecule has 0 fully saturated rings. The lowest BCUT2D eigenvalue weighted by atomic mass is 10.1. The molecule has 0 unspecified atom stereocenters. The highest BCUT2D eigenvalue weighted by Crippen LogP contribution is 2.37. The molecule has 9 nitrogen and oxygen atoms in total. The number of nitrogens with zero attached hydrogens (tertiary/aromatic N) is 6. The van der Waals surface area contributed by atoms with Gasteiger partial charge in [0.05, 0.1) is 29.9 Å². The van der Waals surface area contributed by atoms with Gasteiger partial charge in [0.1, 0.15) is 12.1 Å². The van der Waals surface area contributed by atoms with Crippen LogP contribution in [0.2, 0.25) is 5.02 Å². The lowest BCUT2D eigenvalue weighted by Crippen LogP contribution is -2.27. The van der Waals surface area contributed by atoms with Crippen LogP contribution in [0.4, 0.5) is 11.5 Å². The third kappa shape index (κ3) is 4.84. The van der Waals surface area contributed by atoms with Crippen molar-refractivity contribution in [2.45, 2.75) is 26.7 Å². The number of anilines is 1. The Bertz CT molecular complexity index is 926. The van der Waals surface area contributed by atoms with E-state index in [2.05, 4.69) is 9.97 Å². The maximum Gasteiger partial charge on any atom is 0.373 e. The van der Waals surface area contributed by atoms with E-state index in [1.165, 1.54) is 4.90 Å². The van der Waals surface area contributed by atoms with Gasteiger partial charge >= 0.3 is 11.6 Å². The summed E-state index contributed by atoms with van der Waals surface area (Å²) in [6, 6.07) is 7.28. The number of benzene rings is 1. The fraction of sp³-hybridized carbons (Fsp3) is 0.333. The van der Waals surface area contributed by atoms with Crippen LogP contribution >= 0.6 is 11.6 Å². The van der Waals surface area contributed by atoms with Gasteiger partial charge < -0.3 is 9.64 Å². The lowest BCUT2D eigenvalue weighted by molar-refractivity contribution is -0.385. The fourth-order valence-electron chi connectivity index (χ4n) is 2.59. The summed E-state index contributed by atoms with van der Waals surface area (Å²) < 4.78 is 5.68. The number of nitriles is 2. The van der Waals surface area contributed by atoms with Gasteiger partial charge in [-0.15, -0.1) is 0 Å². The van der Waals surface area contributed by atoms with Gasteiger partial charge in [-0.3, -0.25) is 10.1 Å². The van der Waals surface area contributed by atoms with Crippen LogP contribution < -0.4 is 9.64 Å². The standard InChI is InChI=1S/C18H17ClN6O3/c1-12-9-14(10-13(2)15(12)19)28-18-16(25(26)27)17(22-11-23-18)24(7-3-5-20)8-4-6-21/h9-11H,3-4,7-8H2,1-2H3. The highest BCUT2D eigenvalue weighted by Gasteiger charge is 2.28. The third-order valence-electron chi connectivity index (χ3n) is 3.86. The van der Waals surface area contributed by atoms with Gasteiger partial charge in [-0.25, -0.2) is 4.98 Å². The largest absolute Gasteiger partial charge is 0.434 e. The van der Waals surface area contributed by atoms with Crippen molar-refractivity contribution in [1.82, 2.24) is 9.97 Å². The molecule has 0 atom stereocenters. The maximum atomic E-state index is 11.7. The molecular weight excluding hydrogens is 384 g/mol. The Morgan fingerprint density at radius 2 is 1.75 bits per heavy atom. The molecule has 0 radical (unpaired) electrons. The summed E-state index contributed by atoms with van der Waals surface area (Å²) in [5.41, 5.74) is 1.10. The first-order valence-electron chi connectivity index (χ1n) is 8.31. The molecule has 0 amide bonds. The predicted molar refractivity (Wildman–Crippen MR) is 102 cm³/mol. The molecule has 1 aromatic carbocycles. The number of hydrogen-bond acceptors (Lipinski definition) is 8. The monoisotopic (exact) mass is 400 g/mol. The van der Waals surface area contributed by atoms with Crippen LogP contribution in [0.25, 0.3) is 0 Å². The molecule has 2 aromatic rings. The third-order valence-corrected chi connectivity index (χ3v) is 4.46. The molecule has 0 saturated carbocycles. The van der Waals surface area contributed by atoms with Crippen molar-refractivity contribution in [2.24, 2.45) is 0 Å². The average Bonchev–Trinajstić information content (AvgIpc) is 2.66. The topological polar surface area (TPSA) is 129 Å². The molecule has 0 N–H and O–H groups in total. The molecule has 28 heavy (non-hydrogen) atoms. The molecule has 1 heterocycles. The van der Waals surface area contributed by atoms with E-state index in [1.807, 2.05) is 12.1 Å². The number of halogens is 1. The predicted octanol–water partition coefficient (Wildman–Crippen LogP) is 4.08. The van der Waals surface area contributed by atoms with Gasteiger partial charge in [0.25, 0.3) is 0 Å². The Morgan fingerprint density at radius 3 is 2.25 bits per heavy atom. The Morgan fingerprint density at radius 1 is 1.18 bits per heavy atom. The fourth-order valence-corrected chi connectivity index (χ4v) is 2.70. The van der Waals surface area contributed by atoms with E-state index in [9.17, 15) is 10.1 Å². The zero-order chi connectivity index (χ0) is 20.7. The van der Waals surface area contributed by atoms with Gasteiger partial charge in [-0.2, -0.15) is 15.5 Å². The van der Waals surface area contributed by atoms with E-state index in [0.717, 1.165) is 17.5 Å². The Balaban J connectivity index is 2.49. The first-order chi connectivity index (χ1) is 13.4. The van der Waals surface area contributed by atoms with Crippen molar-refractivity contribution in [3.8, 4) is 23.8 Å². The minimum absolute atomic E-state index is 0.00269. The summed E-state index contributed by atoms with van der Waals surface area (Å²) in [5, 5.41) is 30.0. The molecule has 1 aromatic heterocycles. The first-order valence-corrected chi connectivity index (χ1v) is 8.69. The highest BCUT2D eigenvalue weighted by atomic mass is 35.5. The van der Waals surface area contributed by atoms with Gasteiger partial charge in [-0.05, 0) is 37.1 Å². The molecule has 0 aliphatic carbocycles. The van der Waals surface area contributed by atoms with Gasteiger partial charge in [0.15, 0.2) is 0 Å². The first kappa shape index (κ1) is 20.9. The van der Waals surface area contributed by atoms with E-state index < -0.39 is 10.6 Å². The van der Waals surface area contributed by atoms with E-state index in [4.69, 9.17) is 26.9 Å². The van der Waals surface area contributed by atoms with E-state index in [1.54, 1.807) is 26.0 Å². The van der Waals surface area contributed by atoms with Crippen LogP contribution in [0.5, 0.6) is 11.6 Å². The summed E-state index contributed by atoms with van der Waals surface area (Å²) >= 11 is 6.15. The maximum absolute atomic E-state index is 11.7. The van der Waals surface area contributed by atoms with Crippen LogP contribution in [0.1, 0.15) is 24.0 Å². The van der Waals surface area contributed by atoms with E-state index in [0.29, 0.717) is 10.8 Å². The van der Waals surface area contributed by atoms with Gasteiger partial charge in [-0.1, -0.05) is 11.6 Å². The molecule has 0 spiro atoms. The van der Waals surface area contributed by atoms with Crippen molar-refractivity contribution < 1.29 is 9.66 Å². The number of ether oxygens (including phenoxy) is 1. The second-order valence-corrected chi connectivity index (χ2v) is 6.26. The summed E-state index contributed by atoms with van der Waals surface area (Å²) in [6.45, 7) is 3.98. The van der Waals surface area contributed by atoms with Crippen LogP contribution in [0.15, 0.2) is 18.5 Å². The van der Waals surface area contributed by atoms with Gasteiger partial charge in [0, 0.05) is 18.1 Å². The molecule has 10 heteroatoms. The normalized spacial score (nSPS) is 10.0. The summed E-state index contributed by atoms with van der Waals surface area (Å²) in [4.78, 5) is 20.5. The van der Waals surface area contributed by atoms with Gasteiger partial charge in [0.2, 0.25) is 5.82 Å². The lowest BCUT2D eigenvalue weighted by Gasteiger charge is -2.21. The molecular formula is C18H17ClN6O3. The van der Waals surface area contributed by atoms with Crippen molar-refractivity contribution in [2.75, 3.05) is 18.0 Å². The Hall–Kier alpha value is -3.43. The van der Waals surface area contributed by atoms with Crippen molar-refractivity contribution in [3.05, 3.63) is 44.7 Å². The van der Waals surface area contributed by atoms with E-state index >= 15 is 0 Å². The second-order valence-electron chi connectivity index (χ2n) is 5.88. The van der Waals surface area contributed by atoms with Crippen molar-refractivity contribution in [3.63, 3.8) is 0 Å². The molecule has 144 valence electrons. The average molecular weight is 401 g/mol. The zero-order valence-corrected chi connectivity index (χ0v) is 16.1. The molecule has 0 aliphatic heterocycles. The van der Waals surface area contributed by atoms with Crippen LogP contribution in [-0.4, -0.2) is 28.0 Å². The molecule has 0 aliphatic rings. The van der Waals surface area contributed by atoms with E-state index in [-0.39, 0.29) is 37.6 Å². The minimum atomic E-state index is -0.633. The van der Waals surface area contributed by atoms with Crippen molar-refractivity contribution >= 4 is 23.1 Å². The quantitative estimate of drug-likeness (QED) is 0.478. The molecule has 2 rings (SSSR count). The molecule has 0 saturated heterocycles. The number of rotatable bonds is 8. The number of aromatic nitrogens is 2. The Kier molecular flexibility index (Phi) is 7.08. The van der Waals surface area contributed by atoms with Crippen molar-refractivity contribution in [1.29, 1.82) is 10.5 Å². The SMILES string of the molecule is Cc1cc(Oc2ncnc(N(CCC#N)CCC#N)c2[N+](=O)[O-])cc(C)c1Cl. The number of hydrogen-bond donors (Lipinski definition) is 0. The summed E-state index contributed by atoms with van der Waals surface area (Å²) in [6.07, 6.45) is 1.40.